The second-order valence-corrected chi connectivity index (χ2v) is 10.6. The van der Waals surface area contributed by atoms with Gasteiger partial charge in [0.05, 0.1) is 5.69 Å². The van der Waals surface area contributed by atoms with Gasteiger partial charge in [-0.25, -0.2) is 19.7 Å². The minimum absolute atomic E-state index is 0. The molecule has 3 N–H and O–H groups in total. The van der Waals surface area contributed by atoms with Gasteiger partial charge in [-0.05, 0) is 68.3 Å². The van der Waals surface area contributed by atoms with Gasteiger partial charge in [-0.3, -0.25) is 4.79 Å². The minimum atomic E-state index is -4.31. The fourth-order valence-electron chi connectivity index (χ4n) is 3.89. The average Bonchev–Trinajstić information content (AvgIpc) is 2.86. The molecule has 0 aliphatic rings. The fourth-order valence-corrected chi connectivity index (χ4v) is 4.83. The zero-order chi connectivity index (χ0) is 27.6. The van der Waals surface area contributed by atoms with Gasteiger partial charge in [-0.15, -0.1) is 0 Å². The number of hydrogen-bond acceptors (Lipinski definition) is 9. The first kappa shape index (κ1) is 26.6. The lowest BCUT2D eigenvalue weighted by Crippen LogP contribution is -2.31. The van der Waals surface area contributed by atoms with E-state index >= 15 is 0 Å². The molecule has 0 saturated carbocycles. The van der Waals surface area contributed by atoms with E-state index in [0.29, 0.717) is 17.0 Å². The van der Waals surface area contributed by atoms with Gasteiger partial charge < -0.3 is 15.4 Å². The zero-order valence-corrected chi connectivity index (χ0v) is 22.5. The van der Waals surface area contributed by atoms with Crippen molar-refractivity contribution in [3.63, 3.8) is 0 Å². The summed E-state index contributed by atoms with van der Waals surface area (Å²) in [5.74, 6) is 0.326. The van der Waals surface area contributed by atoms with Crippen molar-refractivity contribution in [1.29, 1.82) is 0 Å². The van der Waals surface area contributed by atoms with Crippen LogP contribution in [0.3, 0.4) is 0 Å². The van der Waals surface area contributed by atoms with Crippen LogP contribution in [0.4, 0.5) is 11.6 Å². The second-order valence-electron chi connectivity index (χ2n) is 9.01. The van der Waals surface area contributed by atoms with Gasteiger partial charge in [0.1, 0.15) is 22.9 Å². The van der Waals surface area contributed by atoms with Crippen LogP contribution in [-0.2, 0) is 10.0 Å². The minimum Gasteiger partial charge on any atom is -0.438 e. The number of ether oxygens (including phenoxy) is 1. The number of rotatable bonds is 7. The highest BCUT2D eigenvalue weighted by molar-refractivity contribution is 7.90. The summed E-state index contributed by atoms with van der Waals surface area (Å²) >= 11 is 0. The van der Waals surface area contributed by atoms with Gasteiger partial charge in [-0.2, -0.15) is 8.42 Å². The summed E-state index contributed by atoms with van der Waals surface area (Å²) in [6.07, 6.45) is 1.67. The van der Waals surface area contributed by atoms with Crippen molar-refractivity contribution >= 4 is 27.6 Å². The number of nitrogen functional groups attached to an aromatic ring is 1. The van der Waals surface area contributed by atoms with Crippen molar-refractivity contribution in [3.8, 4) is 22.9 Å². The molecule has 4 aromatic rings. The maximum atomic E-state index is 13.2. The van der Waals surface area contributed by atoms with Crippen LogP contribution in [-0.4, -0.2) is 43.4 Å². The molecule has 11 heteroatoms. The monoisotopic (exact) mass is 538 g/mol. The molecule has 3 heterocycles. The van der Waals surface area contributed by atoms with Crippen molar-refractivity contribution in [2.24, 2.45) is 0 Å². The number of nitrogens with one attached hydrogen (secondary N) is 1. The number of sulfonamides is 1. The van der Waals surface area contributed by atoms with Crippen LogP contribution < -0.4 is 20.1 Å². The molecular formula is C27H34N6O4S. The molecule has 38 heavy (non-hydrogen) atoms. The Morgan fingerprint density at radius 2 is 1.71 bits per heavy atom. The van der Waals surface area contributed by atoms with Crippen LogP contribution in [0.2, 0.25) is 0 Å². The van der Waals surface area contributed by atoms with Gasteiger partial charge in [-0.1, -0.05) is 23.8 Å². The number of amides is 1. The molecule has 0 radical (unpaired) electrons. The van der Waals surface area contributed by atoms with E-state index < -0.39 is 15.9 Å². The molecule has 1 amide bonds. The number of nitrogens with zero attached hydrogens (tertiary/aromatic N) is 4. The van der Waals surface area contributed by atoms with Gasteiger partial charge in [0.15, 0.2) is 5.03 Å². The molecule has 0 unspecified atom stereocenters. The second kappa shape index (κ2) is 10.5. The van der Waals surface area contributed by atoms with E-state index in [-0.39, 0.29) is 26.6 Å². The van der Waals surface area contributed by atoms with Crippen molar-refractivity contribution in [3.05, 3.63) is 83.0 Å². The number of anilines is 2. The third kappa shape index (κ3) is 5.73. The number of hydrogen-bond donors (Lipinski definition) is 2. The summed E-state index contributed by atoms with van der Waals surface area (Å²) in [5, 5.41) is -0.379. The molecule has 0 saturated heterocycles. The summed E-state index contributed by atoms with van der Waals surface area (Å²) in [6, 6.07) is 14.8. The molecule has 202 valence electrons. The summed E-state index contributed by atoms with van der Waals surface area (Å²) < 4.78 is 33.9. The molecule has 4 rings (SSSR count). The molecule has 3 aromatic heterocycles. The van der Waals surface area contributed by atoms with Crippen LogP contribution in [0.15, 0.2) is 65.8 Å². The topological polar surface area (TPSA) is 140 Å². The molecule has 0 aliphatic heterocycles. The highest BCUT2D eigenvalue weighted by atomic mass is 32.2. The van der Waals surface area contributed by atoms with Gasteiger partial charge in [0.2, 0.25) is 5.88 Å². The Morgan fingerprint density at radius 3 is 2.32 bits per heavy atom. The standard InChI is InChI=1S/C27H28N6O4S.3H2/c1-16-13-17(2)25(18(3)14-16)37-27-20(26(34)32-38(35,36)24-8-6-7-22(28)31-24)10-11-21(30-27)19-9-12-23(29-15-19)33(4)5;;;/h6-15H,1-5H3,(H2,28,31)(H,32,34);3*1H. The first-order valence-electron chi connectivity index (χ1n) is 11.6. The maximum Gasteiger partial charge on any atom is 0.281 e. The molecule has 1 aromatic carbocycles. The largest absolute Gasteiger partial charge is 0.438 e. The summed E-state index contributed by atoms with van der Waals surface area (Å²) in [7, 11) is -0.529. The average molecular weight is 539 g/mol. The van der Waals surface area contributed by atoms with E-state index in [9.17, 15) is 13.2 Å². The number of benzene rings is 1. The zero-order valence-electron chi connectivity index (χ0n) is 21.7. The Morgan fingerprint density at radius 1 is 1.00 bits per heavy atom. The number of aryl methyl sites for hydroxylation is 3. The van der Waals surface area contributed by atoms with Crippen LogP contribution in [0.5, 0.6) is 11.6 Å². The van der Waals surface area contributed by atoms with Gasteiger partial charge in [0, 0.05) is 30.1 Å². The van der Waals surface area contributed by atoms with E-state index in [1.54, 1.807) is 12.3 Å². The molecule has 10 nitrogen and oxygen atoms in total. The van der Waals surface area contributed by atoms with E-state index in [1.807, 2.05) is 68.8 Å². The first-order valence-corrected chi connectivity index (χ1v) is 13.1. The van der Waals surface area contributed by atoms with Crippen LogP contribution in [0, 0.1) is 20.8 Å². The number of nitrogens with two attached hydrogens (primary N) is 1. The van der Waals surface area contributed by atoms with Crippen LogP contribution in [0.25, 0.3) is 11.3 Å². The normalized spacial score (nSPS) is 11.2. The van der Waals surface area contributed by atoms with Gasteiger partial charge in [0.25, 0.3) is 15.9 Å². The van der Waals surface area contributed by atoms with E-state index in [1.165, 1.54) is 24.3 Å². The molecule has 0 spiro atoms. The van der Waals surface area contributed by atoms with E-state index in [2.05, 4.69) is 15.0 Å². The third-order valence-corrected chi connectivity index (χ3v) is 6.89. The summed E-state index contributed by atoms with van der Waals surface area (Å²) in [5.41, 5.74) is 9.48. The predicted octanol–water partition coefficient (Wildman–Crippen LogP) is 4.76. The van der Waals surface area contributed by atoms with Crippen LogP contribution >= 0.6 is 0 Å². The maximum absolute atomic E-state index is 13.2. The third-order valence-electron chi connectivity index (χ3n) is 5.66. The number of carbonyl (C=O) groups is 1. The Hall–Kier alpha value is -4.51. The molecule has 0 aliphatic carbocycles. The Bertz CT molecular complexity index is 1610. The van der Waals surface area contributed by atoms with Crippen molar-refractivity contribution in [2.45, 2.75) is 25.8 Å². The van der Waals surface area contributed by atoms with E-state index in [0.717, 1.165) is 22.5 Å². The molecule has 0 atom stereocenters. The molecule has 0 bridgehead atoms. The predicted molar refractivity (Wildman–Crippen MR) is 152 cm³/mol. The van der Waals surface area contributed by atoms with Crippen molar-refractivity contribution < 1.29 is 22.2 Å². The SMILES string of the molecule is Cc1cc(C)c(Oc2nc(-c3ccc(N(C)C)nc3)ccc2C(=O)NS(=O)(=O)c2cccc(N)n2)c(C)c1.[HH].[HH].[HH]. The lowest BCUT2D eigenvalue weighted by Gasteiger charge is -2.16. The Kier molecular flexibility index (Phi) is 7.31. The fraction of sp³-hybridized carbons (Fsp3) is 0.185. The van der Waals surface area contributed by atoms with Crippen molar-refractivity contribution in [2.75, 3.05) is 24.7 Å². The van der Waals surface area contributed by atoms with Crippen molar-refractivity contribution in [1.82, 2.24) is 19.7 Å². The lowest BCUT2D eigenvalue weighted by molar-refractivity contribution is 0.0978. The highest BCUT2D eigenvalue weighted by Gasteiger charge is 2.25. The number of carbonyl (C=O) groups excluding carboxylic acids is 1. The van der Waals surface area contributed by atoms with E-state index in [4.69, 9.17) is 10.5 Å². The Labute approximate surface area is 226 Å². The van der Waals surface area contributed by atoms with Crippen LogP contribution in [0.1, 0.15) is 31.3 Å². The molecule has 0 fully saturated rings. The lowest BCUT2D eigenvalue weighted by atomic mass is 10.1. The summed E-state index contributed by atoms with van der Waals surface area (Å²) in [6.45, 7) is 5.75. The van der Waals surface area contributed by atoms with Gasteiger partial charge >= 0.3 is 0 Å². The number of aromatic nitrogens is 3. The highest BCUT2D eigenvalue weighted by Crippen LogP contribution is 2.32. The quantitative estimate of drug-likeness (QED) is 0.341. The summed E-state index contributed by atoms with van der Waals surface area (Å²) in [4.78, 5) is 27.9. The smallest absolute Gasteiger partial charge is 0.281 e. The first-order chi connectivity index (χ1) is 17.9. The Balaban J connectivity index is 0.00000280. The number of pyridine rings is 3. The molecular weight excluding hydrogens is 504 g/mol.